The summed E-state index contributed by atoms with van der Waals surface area (Å²) in [5.74, 6) is 0.561. The SMILES string of the molecule is O=C(Nc1ccc(-c2ccc3nnc(-c4ccncc4)n3n2)cc1)C1CCCO1. The van der Waals surface area contributed by atoms with Crippen molar-refractivity contribution < 1.29 is 9.53 Å². The average molecular weight is 386 g/mol. The van der Waals surface area contributed by atoms with Crippen LogP contribution in [-0.2, 0) is 9.53 Å². The Morgan fingerprint density at radius 2 is 1.83 bits per heavy atom. The standard InChI is InChI=1S/C21H18N6O2/c28-21(18-2-1-13-29-18)23-16-5-3-14(4-6-16)17-7-8-19-24-25-20(27(19)26-17)15-9-11-22-12-10-15/h3-12,18H,1-2,13H2,(H,23,28). The fraction of sp³-hybridized carbons (Fsp3) is 0.190. The number of pyridine rings is 1. The number of fused-ring (bicyclic) bond motifs is 1. The number of aromatic nitrogens is 5. The van der Waals surface area contributed by atoms with Crippen LogP contribution in [0.3, 0.4) is 0 Å². The second-order valence-electron chi connectivity index (χ2n) is 6.82. The summed E-state index contributed by atoms with van der Waals surface area (Å²) >= 11 is 0. The van der Waals surface area contributed by atoms with Gasteiger partial charge in [-0.15, -0.1) is 10.2 Å². The maximum absolute atomic E-state index is 12.2. The zero-order chi connectivity index (χ0) is 19.6. The van der Waals surface area contributed by atoms with Crippen LogP contribution in [0.2, 0.25) is 0 Å². The molecule has 1 unspecified atom stereocenters. The van der Waals surface area contributed by atoms with Crippen molar-refractivity contribution >= 4 is 17.2 Å². The molecule has 1 fully saturated rings. The molecule has 1 aliphatic rings. The molecule has 1 saturated heterocycles. The number of hydrogen-bond acceptors (Lipinski definition) is 6. The third-order valence-electron chi connectivity index (χ3n) is 4.87. The molecule has 0 bridgehead atoms. The Labute approximate surface area is 166 Å². The highest BCUT2D eigenvalue weighted by molar-refractivity contribution is 5.94. The molecule has 4 aromatic rings. The summed E-state index contributed by atoms with van der Waals surface area (Å²) in [7, 11) is 0. The molecule has 0 spiro atoms. The summed E-state index contributed by atoms with van der Waals surface area (Å²) in [6.07, 6.45) is 4.77. The molecule has 8 nitrogen and oxygen atoms in total. The third-order valence-corrected chi connectivity index (χ3v) is 4.87. The van der Waals surface area contributed by atoms with Crippen molar-refractivity contribution in [2.24, 2.45) is 0 Å². The van der Waals surface area contributed by atoms with Crippen molar-refractivity contribution in [3.8, 4) is 22.6 Å². The maximum Gasteiger partial charge on any atom is 0.253 e. The average Bonchev–Trinajstić information content (AvgIpc) is 3.45. The second-order valence-corrected chi connectivity index (χ2v) is 6.82. The van der Waals surface area contributed by atoms with Crippen molar-refractivity contribution in [1.29, 1.82) is 0 Å². The molecule has 1 atom stereocenters. The van der Waals surface area contributed by atoms with Gasteiger partial charge in [0.15, 0.2) is 11.5 Å². The topological polar surface area (TPSA) is 94.3 Å². The number of nitrogens with zero attached hydrogens (tertiary/aromatic N) is 5. The first-order chi connectivity index (χ1) is 14.3. The van der Waals surface area contributed by atoms with Crippen molar-refractivity contribution in [1.82, 2.24) is 24.8 Å². The number of carbonyl (C=O) groups excluding carboxylic acids is 1. The Morgan fingerprint density at radius 3 is 2.59 bits per heavy atom. The van der Waals surface area contributed by atoms with Crippen LogP contribution < -0.4 is 5.32 Å². The van der Waals surface area contributed by atoms with E-state index in [1.165, 1.54) is 0 Å². The smallest absolute Gasteiger partial charge is 0.253 e. The normalized spacial score (nSPS) is 16.2. The minimum Gasteiger partial charge on any atom is -0.368 e. The van der Waals surface area contributed by atoms with Crippen LogP contribution in [0.15, 0.2) is 60.9 Å². The van der Waals surface area contributed by atoms with Gasteiger partial charge in [0.05, 0.1) is 5.69 Å². The third kappa shape index (κ3) is 3.45. The zero-order valence-corrected chi connectivity index (χ0v) is 15.5. The van der Waals surface area contributed by atoms with E-state index >= 15 is 0 Å². The van der Waals surface area contributed by atoms with Crippen LogP contribution >= 0.6 is 0 Å². The molecule has 0 saturated carbocycles. The minimum absolute atomic E-state index is 0.0960. The van der Waals surface area contributed by atoms with E-state index in [2.05, 4.69) is 20.5 Å². The second kappa shape index (κ2) is 7.40. The molecular weight excluding hydrogens is 368 g/mol. The molecule has 3 aromatic heterocycles. The molecule has 8 heteroatoms. The lowest BCUT2D eigenvalue weighted by atomic mass is 10.1. The van der Waals surface area contributed by atoms with Crippen molar-refractivity contribution in [3.05, 3.63) is 60.9 Å². The Balaban J connectivity index is 1.41. The number of nitrogens with one attached hydrogen (secondary N) is 1. The van der Waals surface area contributed by atoms with E-state index in [0.717, 1.165) is 35.3 Å². The van der Waals surface area contributed by atoms with Gasteiger partial charge in [0, 0.05) is 35.8 Å². The molecule has 1 N–H and O–H groups in total. The monoisotopic (exact) mass is 386 g/mol. The van der Waals surface area contributed by atoms with E-state index in [0.29, 0.717) is 18.1 Å². The summed E-state index contributed by atoms with van der Waals surface area (Å²) in [5.41, 5.74) is 4.00. The molecule has 29 heavy (non-hydrogen) atoms. The molecule has 1 amide bonds. The van der Waals surface area contributed by atoms with Gasteiger partial charge in [-0.3, -0.25) is 9.78 Å². The molecule has 0 aliphatic carbocycles. The quantitative estimate of drug-likeness (QED) is 0.579. The predicted molar refractivity (Wildman–Crippen MR) is 107 cm³/mol. The Bertz CT molecular complexity index is 1150. The van der Waals surface area contributed by atoms with E-state index in [1.807, 2.05) is 48.5 Å². The first kappa shape index (κ1) is 17.4. The van der Waals surface area contributed by atoms with Gasteiger partial charge in [0.25, 0.3) is 5.91 Å². The van der Waals surface area contributed by atoms with Crippen LogP contribution in [0.25, 0.3) is 28.3 Å². The lowest BCUT2D eigenvalue weighted by Gasteiger charge is -2.11. The highest BCUT2D eigenvalue weighted by Crippen LogP contribution is 2.23. The van der Waals surface area contributed by atoms with E-state index in [9.17, 15) is 4.79 Å². The van der Waals surface area contributed by atoms with Crippen molar-refractivity contribution in [2.75, 3.05) is 11.9 Å². The zero-order valence-electron chi connectivity index (χ0n) is 15.5. The molecule has 5 rings (SSSR count). The van der Waals surface area contributed by atoms with Crippen molar-refractivity contribution in [2.45, 2.75) is 18.9 Å². The van der Waals surface area contributed by atoms with Gasteiger partial charge >= 0.3 is 0 Å². The van der Waals surface area contributed by atoms with Crippen LogP contribution in [0.5, 0.6) is 0 Å². The summed E-state index contributed by atoms with van der Waals surface area (Å²) in [4.78, 5) is 16.2. The van der Waals surface area contributed by atoms with Crippen LogP contribution in [0, 0.1) is 0 Å². The maximum atomic E-state index is 12.2. The molecule has 1 aromatic carbocycles. The molecule has 144 valence electrons. The first-order valence-corrected chi connectivity index (χ1v) is 9.44. The van der Waals surface area contributed by atoms with Gasteiger partial charge in [0.2, 0.25) is 0 Å². The number of carbonyl (C=O) groups is 1. The van der Waals surface area contributed by atoms with Crippen LogP contribution in [0.1, 0.15) is 12.8 Å². The Kier molecular flexibility index (Phi) is 4.45. The number of anilines is 1. The molecule has 1 aliphatic heterocycles. The van der Waals surface area contributed by atoms with E-state index < -0.39 is 0 Å². The molecular formula is C21H18N6O2. The Morgan fingerprint density at radius 1 is 1.00 bits per heavy atom. The minimum atomic E-state index is -0.348. The number of amides is 1. The van der Waals surface area contributed by atoms with E-state index in [4.69, 9.17) is 9.84 Å². The lowest BCUT2D eigenvalue weighted by molar-refractivity contribution is -0.124. The highest BCUT2D eigenvalue weighted by atomic mass is 16.5. The lowest BCUT2D eigenvalue weighted by Crippen LogP contribution is -2.26. The van der Waals surface area contributed by atoms with Gasteiger partial charge in [-0.2, -0.15) is 9.61 Å². The van der Waals surface area contributed by atoms with Gasteiger partial charge in [-0.25, -0.2) is 0 Å². The van der Waals surface area contributed by atoms with Gasteiger partial charge in [-0.05, 0) is 49.2 Å². The Hall–Kier alpha value is -3.65. The number of hydrogen-bond donors (Lipinski definition) is 1. The van der Waals surface area contributed by atoms with E-state index in [1.54, 1.807) is 16.9 Å². The van der Waals surface area contributed by atoms with Crippen molar-refractivity contribution in [3.63, 3.8) is 0 Å². The first-order valence-electron chi connectivity index (χ1n) is 9.44. The fourth-order valence-electron chi connectivity index (χ4n) is 3.36. The van der Waals surface area contributed by atoms with Gasteiger partial charge in [-0.1, -0.05) is 12.1 Å². The largest absolute Gasteiger partial charge is 0.368 e. The summed E-state index contributed by atoms with van der Waals surface area (Å²) < 4.78 is 7.14. The van der Waals surface area contributed by atoms with Crippen LogP contribution in [0.4, 0.5) is 5.69 Å². The molecule has 4 heterocycles. The number of ether oxygens (including phenoxy) is 1. The number of rotatable bonds is 4. The van der Waals surface area contributed by atoms with Gasteiger partial charge < -0.3 is 10.1 Å². The summed E-state index contributed by atoms with van der Waals surface area (Å²) in [6.45, 7) is 0.649. The van der Waals surface area contributed by atoms with Gasteiger partial charge in [0.1, 0.15) is 6.10 Å². The number of benzene rings is 1. The summed E-state index contributed by atoms with van der Waals surface area (Å²) in [6, 6.07) is 15.1. The summed E-state index contributed by atoms with van der Waals surface area (Å²) in [5, 5.41) is 16.0. The highest BCUT2D eigenvalue weighted by Gasteiger charge is 2.23. The molecule has 0 radical (unpaired) electrons. The fourth-order valence-corrected chi connectivity index (χ4v) is 3.36. The predicted octanol–water partition coefficient (Wildman–Crippen LogP) is 2.97. The van der Waals surface area contributed by atoms with Crippen LogP contribution in [-0.4, -0.2) is 43.4 Å². The van der Waals surface area contributed by atoms with E-state index in [-0.39, 0.29) is 12.0 Å².